The Morgan fingerprint density at radius 1 is 1.19 bits per heavy atom. The highest BCUT2D eigenvalue weighted by atomic mass is 32.2. The van der Waals surface area contributed by atoms with Crippen LogP contribution in [0.15, 0.2) is 66.2 Å². The number of H-pyrrole nitrogens is 1. The Morgan fingerprint density at radius 3 is 2.77 bits per heavy atom. The molecule has 2 heterocycles. The lowest BCUT2D eigenvalue weighted by Crippen LogP contribution is -2.43. The van der Waals surface area contributed by atoms with E-state index in [-0.39, 0.29) is 17.9 Å². The molecule has 4 aromatic rings. The number of benzene rings is 2. The zero-order chi connectivity index (χ0) is 21.8. The number of halogens is 1. The van der Waals surface area contributed by atoms with Crippen molar-refractivity contribution in [3.8, 4) is 5.69 Å². The summed E-state index contributed by atoms with van der Waals surface area (Å²) in [5.74, 6) is -2.14. The molecule has 0 aliphatic heterocycles. The summed E-state index contributed by atoms with van der Waals surface area (Å²) in [5.41, 5.74) is 1.96. The number of rotatable bonds is 8. The summed E-state index contributed by atoms with van der Waals surface area (Å²) >= 11 is 1.04. The van der Waals surface area contributed by atoms with Crippen molar-refractivity contribution in [3.05, 3.63) is 72.4 Å². The van der Waals surface area contributed by atoms with E-state index in [0.29, 0.717) is 5.16 Å². The number of para-hydroxylation sites is 2. The van der Waals surface area contributed by atoms with Gasteiger partial charge in [-0.2, -0.15) is 0 Å². The molecule has 0 saturated carbocycles. The summed E-state index contributed by atoms with van der Waals surface area (Å²) in [6.45, 7) is 0. The number of hydrogen-bond acceptors (Lipinski definition) is 5. The number of amides is 1. The molecule has 3 N–H and O–H groups in total. The van der Waals surface area contributed by atoms with E-state index in [9.17, 15) is 19.1 Å². The quantitative estimate of drug-likeness (QED) is 0.364. The van der Waals surface area contributed by atoms with Crippen LogP contribution in [0.5, 0.6) is 0 Å². The Labute approximate surface area is 180 Å². The first-order valence-electron chi connectivity index (χ1n) is 9.38. The van der Waals surface area contributed by atoms with Crippen molar-refractivity contribution in [2.75, 3.05) is 5.75 Å². The van der Waals surface area contributed by atoms with Crippen molar-refractivity contribution in [3.63, 3.8) is 0 Å². The van der Waals surface area contributed by atoms with E-state index in [1.54, 1.807) is 24.4 Å². The van der Waals surface area contributed by atoms with Crippen molar-refractivity contribution in [1.29, 1.82) is 0 Å². The number of aliphatic carboxylic acids is 1. The number of carboxylic acids is 1. The Morgan fingerprint density at radius 2 is 1.97 bits per heavy atom. The van der Waals surface area contributed by atoms with Gasteiger partial charge in [0.1, 0.15) is 18.2 Å². The smallest absolute Gasteiger partial charge is 0.326 e. The number of aromatic nitrogens is 4. The van der Waals surface area contributed by atoms with Gasteiger partial charge in [-0.05, 0) is 23.8 Å². The third-order valence-electron chi connectivity index (χ3n) is 4.69. The second-order valence-corrected chi connectivity index (χ2v) is 7.69. The summed E-state index contributed by atoms with van der Waals surface area (Å²) in [7, 11) is 0. The highest BCUT2D eigenvalue weighted by molar-refractivity contribution is 7.99. The second kappa shape index (κ2) is 9.00. The second-order valence-electron chi connectivity index (χ2n) is 6.75. The van der Waals surface area contributed by atoms with Gasteiger partial charge in [-0.15, -0.1) is 10.2 Å². The molecule has 0 radical (unpaired) electrons. The highest BCUT2D eigenvalue weighted by Gasteiger charge is 2.22. The van der Waals surface area contributed by atoms with E-state index < -0.39 is 23.7 Å². The number of carboxylic acid groups (broad SMARTS) is 1. The molecule has 0 saturated heterocycles. The minimum atomic E-state index is -1.13. The van der Waals surface area contributed by atoms with Crippen molar-refractivity contribution in [2.45, 2.75) is 17.6 Å². The van der Waals surface area contributed by atoms with Crippen LogP contribution in [0.2, 0.25) is 0 Å². The largest absolute Gasteiger partial charge is 0.480 e. The average molecular weight is 439 g/mol. The van der Waals surface area contributed by atoms with Crippen molar-refractivity contribution in [2.24, 2.45) is 0 Å². The van der Waals surface area contributed by atoms with Gasteiger partial charge < -0.3 is 15.4 Å². The molecule has 2 aromatic heterocycles. The topological polar surface area (TPSA) is 113 Å². The molecule has 0 aliphatic rings. The summed E-state index contributed by atoms with van der Waals surface area (Å²) in [4.78, 5) is 27.2. The summed E-state index contributed by atoms with van der Waals surface area (Å²) < 4.78 is 15.5. The molecule has 2 aromatic carbocycles. The zero-order valence-corrected chi connectivity index (χ0v) is 17.0. The maximum absolute atomic E-state index is 14.1. The summed E-state index contributed by atoms with van der Waals surface area (Å²) in [5, 5.41) is 21.1. The lowest BCUT2D eigenvalue weighted by atomic mass is 10.1. The number of thioether (sulfide) groups is 1. The Bertz CT molecular complexity index is 1240. The molecule has 158 valence electrons. The summed E-state index contributed by atoms with van der Waals surface area (Å²) in [6.07, 6.45) is 3.25. The maximum atomic E-state index is 14.1. The molecule has 8 nitrogen and oxygen atoms in total. The highest BCUT2D eigenvalue weighted by Crippen LogP contribution is 2.22. The van der Waals surface area contributed by atoms with Crippen LogP contribution in [-0.4, -0.2) is 48.5 Å². The Kier molecular flexibility index (Phi) is 5.99. The predicted molar refractivity (Wildman–Crippen MR) is 114 cm³/mol. The van der Waals surface area contributed by atoms with Crippen molar-refractivity contribution in [1.82, 2.24) is 25.1 Å². The number of nitrogens with zero attached hydrogens (tertiary/aromatic N) is 3. The van der Waals surface area contributed by atoms with E-state index in [4.69, 9.17) is 0 Å². The van der Waals surface area contributed by atoms with Gasteiger partial charge in [0.05, 0.1) is 11.4 Å². The SMILES string of the molecule is O=C(CSc1nncn1-c1ccccc1F)N[C@H](Cc1c[nH]c2ccccc12)C(=O)O. The fourth-order valence-corrected chi connectivity index (χ4v) is 3.95. The zero-order valence-electron chi connectivity index (χ0n) is 16.2. The van der Waals surface area contributed by atoms with Gasteiger partial charge in [0.25, 0.3) is 0 Å². The lowest BCUT2D eigenvalue weighted by Gasteiger charge is -2.14. The van der Waals surface area contributed by atoms with E-state index in [1.807, 2.05) is 24.3 Å². The minimum absolute atomic E-state index is 0.0924. The van der Waals surface area contributed by atoms with Crippen LogP contribution in [0, 0.1) is 5.82 Å². The normalized spacial score (nSPS) is 12.0. The van der Waals surface area contributed by atoms with Crippen LogP contribution in [0.1, 0.15) is 5.56 Å². The molecule has 0 unspecified atom stereocenters. The van der Waals surface area contributed by atoms with Crippen LogP contribution in [0.3, 0.4) is 0 Å². The van der Waals surface area contributed by atoms with Crippen LogP contribution < -0.4 is 5.32 Å². The molecular formula is C21H18FN5O3S. The molecule has 0 aliphatic carbocycles. The van der Waals surface area contributed by atoms with Crippen molar-refractivity contribution < 1.29 is 19.1 Å². The van der Waals surface area contributed by atoms with E-state index in [2.05, 4.69) is 20.5 Å². The molecule has 1 atom stereocenters. The molecule has 0 spiro atoms. The van der Waals surface area contributed by atoms with Gasteiger partial charge in [0, 0.05) is 23.5 Å². The molecular weight excluding hydrogens is 421 g/mol. The molecule has 10 heteroatoms. The standard InChI is InChI=1S/C21H18FN5O3S/c22-15-6-2-4-8-18(15)27-12-24-26-21(27)31-11-19(28)25-17(20(29)30)9-13-10-23-16-7-3-1-5-14(13)16/h1-8,10,12,17,23H,9,11H2,(H,25,28)(H,29,30)/t17-/m1/s1. The van der Waals surface area contributed by atoms with Gasteiger partial charge in [-0.3, -0.25) is 9.36 Å². The molecule has 1 amide bonds. The maximum Gasteiger partial charge on any atom is 0.326 e. The van der Waals surface area contributed by atoms with Gasteiger partial charge in [0.2, 0.25) is 5.91 Å². The first-order chi connectivity index (χ1) is 15.0. The fourth-order valence-electron chi connectivity index (χ4n) is 3.22. The number of nitrogens with one attached hydrogen (secondary N) is 2. The molecule has 4 rings (SSSR count). The van der Waals surface area contributed by atoms with Crippen LogP contribution >= 0.6 is 11.8 Å². The predicted octanol–water partition coefficient (Wildman–Crippen LogP) is 2.79. The van der Waals surface area contributed by atoms with Gasteiger partial charge in [0.15, 0.2) is 5.16 Å². The molecule has 0 bridgehead atoms. The third-order valence-corrected chi connectivity index (χ3v) is 5.64. The lowest BCUT2D eigenvalue weighted by molar-refractivity contribution is -0.141. The number of hydrogen-bond donors (Lipinski definition) is 3. The number of carbonyl (C=O) groups is 2. The fraction of sp³-hybridized carbons (Fsp3) is 0.143. The van der Waals surface area contributed by atoms with Crippen LogP contribution in [-0.2, 0) is 16.0 Å². The molecule has 31 heavy (non-hydrogen) atoms. The van der Waals surface area contributed by atoms with E-state index in [0.717, 1.165) is 28.2 Å². The van der Waals surface area contributed by atoms with Crippen LogP contribution in [0.4, 0.5) is 4.39 Å². The Balaban J connectivity index is 1.41. The first-order valence-corrected chi connectivity index (χ1v) is 10.4. The minimum Gasteiger partial charge on any atom is -0.480 e. The summed E-state index contributed by atoms with van der Waals surface area (Å²) in [6, 6.07) is 12.6. The van der Waals surface area contributed by atoms with Gasteiger partial charge in [-0.1, -0.05) is 42.1 Å². The average Bonchev–Trinajstić information content (AvgIpc) is 3.39. The first kappa shape index (κ1) is 20.6. The molecule has 0 fully saturated rings. The van der Waals surface area contributed by atoms with E-state index >= 15 is 0 Å². The number of fused-ring (bicyclic) bond motifs is 1. The third kappa shape index (κ3) is 4.58. The van der Waals surface area contributed by atoms with Crippen LogP contribution in [0.25, 0.3) is 16.6 Å². The van der Waals surface area contributed by atoms with Gasteiger partial charge >= 0.3 is 5.97 Å². The van der Waals surface area contributed by atoms with Gasteiger partial charge in [-0.25, -0.2) is 9.18 Å². The number of carbonyl (C=O) groups excluding carboxylic acids is 1. The Hall–Kier alpha value is -3.66. The van der Waals surface area contributed by atoms with Crippen molar-refractivity contribution >= 4 is 34.5 Å². The van der Waals surface area contributed by atoms with E-state index in [1.165, 1.54) is 17.0 Å². The number of aromatic amines is 1. The monoisotopic (exact) mass is 439 g/mol.